The summed E-state index contributed by atoms with van der Waals surface area (Å²) in [6, 6.07) is 6.73. The van der Waals surface area contributed by atoms with Gasteiger partial charge in [-0.3, -0.25) is 9.59 Å². The maximum absolute atomic E-state index is 12.1. The van der Waals surface area contributed by atoms with Crippen LogP contribution in [0.4, 0.5) is 0 Å². The predicted octanol–water partition coefficient (Wildman–Crippen LogP) is -0.412. The molecule has 94 valence electrons. The van der Waals surface area contributed by atoms with Gasteiger partial charge < -0.3 is 15.7 Å². The van der Waals surface area contributed by atoms with Crippen molar-refractivity contribution in [3.8, 4) is 11.8 Å². The van der Waals surface area contributed by atoms with Crippen LogP contribution in [0.25, 0.3) is 0 Å². The molecule has 0 aliphatic carbocycles. The highest BCUT2D eigenvalue weighted by atomic mass is 16.2. The summed E-state index contributed by atoms with van der Waals surface area (Å²) in [5.74, 6) is 4.26. The average Bonchev–Trinajstić information content (AvgIpc) is 2.35. The molecule has 0 fully saturated rings. The smallest absolute Gasteiger partial charge is 0.255 e. The highest BCUT2D eigenvalue weighted by Gasteiger charge is 2.15. The van der Waals surface area contributed by atoms with Crippen LogP contribution < -0.4 is 5.73 Å². The van der Waals surface area contributed by atoms with Gasteiger partial charge in [0.15, 0.2) is 0 Å². The molecule has 0 aliphatic rings. The van der Waals surface area contributed by atoms with Crippen molar-refractivity contribution in [1.29, 1.82) is 0 Å². The van der Waals surface area contributed by atoms with Crippen LogP contribution in [0.15, 0.2) is 24.3 Å². The Hall–Kier alpha value is -2.32. The number of carbonyl (C=O) groups is 2. The summed E-state index contributed by atoms with van der Waals surface area (Å²) >= 11 is 0. The molecule has 0 radical (unpaired) electrons. The predicted molar refractivity (Wildman–Crippen MR) is 66.6 cm³/mol. The molecule has 2 amide bonds. The van der Waals surface area contributed by atoms with Crippen LogP contribution in [0.1, 0.15) is 15.9 Å². The quantitative estimate of drug-likeness (QED) is 0.711. The minimum Gasteiger partial charge on any atom is -0.384 e. The molecule has 0 heterocycles. The Morgan fingerprint density at radius 3 is 2.67 bits per heavy atom. The highest BCUT2D eigenvalue weighted by Crippen LogP contribution is 2.09. The third-order valence-electron chi connectivity index (χ3n) is 2.20. The molecular formula is C13H14N2O3. The average molecular weight is 246 g/mol. The molecule has 1 aromatic carbocycles. The Bertz CT molecular complexity index is 514. The standard InChI is InChI=1S/C13H14N2O3/c1-15(9-12(14)17)13(18)11-7-3-2-5-10(11)6-4-8-16/h2-3,5,7,16H,8-9H2,1H3,(H2,14,17). The number of carbonyl (C=O) groups excluding carboxylic acids is 2. The van der Waals surface area contributed by atoms with Gasteiger partial charge in [-0.15, -0.1) is 0 Å². The first-order valence-electron chi connectivity index (χ1n) is 5.28. The maximum Gasteiger partial charge on any atom is 0.255 e. The molecule has 1 rings (SSSR count). The molecule has 0 spiro atoms. The first-order chi connectivity index (χ1) is 8.56. The number of hydrogen-bond donors (Lipinski definition) is 2. The molecule has 5 nitrogen and oxygen atoms in total. The Labute approximate surface area is 105 Å². The number of primary amides is 1. The summed E-state index contributed by atoms with van der Waals surface area (Å²) in [7, 11) is 1.49. The van der Waals surface area contributed by atoms with Crippen molar-refractivity contribution in [1.82, 2.24) is 4.90 Å². The van der Waals surface area contributed by atoms with Gasteiger partial charge in [-0.1, -0.05) is 24.0 Å². The van der Waals surface area contributed by atoms with Crippen molar-refractivity contribution in [3.05, 3.63) is 35.4 Å². The van der Waals surface area contributed by atoms with E-state index < -0.39 is 5.91 Å². The van der Waals surface area contributed by atoms with Gasteiger partial charge in [0, 0.05) is 12.6 Å². The van der Waals surface area contributed by atoms with E-state index in [9.17, 15) is 9.59 Å². The second-order valence-electron chi connectivity index (χ2n) is 3.63. The van der Waals surface area contributed by atoms with Crippen LogP contribution in [-0.2, 0) is 4.79 Å². The van der Waals surface area contributed by atoms with E-state index in [2.05, 4.69) is 11.8 Å². The zero-order valence-electron chi connectivity index (χ0n) is 10.0. The van der Waals surface area contributed by atoms with Crippen molar-refractivity contribution in [3.63, 3.8) is 0 Å². The minimum atomic E-state index is -0.579. The van der Waals surface area contributed by atoms with E-state index in [1.165, 1.54) is 11.9 Å². The van der Waals surface area contributed by atoms with Crippen LogP contribution in [0, 0.1) is 11.8 Å². The van der Waals surface area contributed by atoms with Crippen molar-refractivity contribution in [2.24, 2.45) is 5.73 Å². The third kappa shape index (κ3) is 3.61. The van der Waals surface area contributed by atoms with Gasteiger partial charge in [-0.25, -0.2) is 0 Å². The molecule has 18 heavy (non-hydrogen) atoms. The van der Waals surface area contributed by atoms with Crippen LogP contribution in [0.2, 0.25) is 0 Å². The summed E-state index contributed by atoms with van der Waals surface area (Å²) in [4.78, 5) is 24.0. The number of hydrogen-bond acceptors (Lipinski definition) is 3. The summed E-state index contributed by atoms with van der Waals surface area (Å²) in [6.45, 7) is -0.430. The Kier molecular flexibility index (Phi) is 4.90. The van der Waals surface area contributed by atoms with E-state index in [4.69, 9.17) is 10.8 Å². The summed E-state index contributed by atoms with van der Waals surface area (Å²) in [5.41, 5.74) is 5.92. The fraction of sp³-hybridized carbons (Fsp3) is 0.231. The Balaban J connectivity index is 3.01. The number of aliphatic hydroxyl groups is 1. The van der Waals surface area contributed by atoms with Crippen molar-refractivity contribution in [2.75, 3.05) is 20.2 Å². The van der Waals surface area contributed by atoms with Gasteiger partial charge in [-0.2, -0.15) is 0 Å². The van der Waals surface area contributed by atoms with Gasteiger partial charge in [0.25, 0.3) is 5.91 Å². The lowest BCUT2D eigenvalue weighted by Gasteiger charge is -2.15. The zero-order chi connectivity index (χ0) is 13.5. The molecule has 1 aromatic rings. The van der Waals surface area contributed by atoms with E-state index in [1.807, 2.05) is 0 Å². The lowest BCUT2D eigenvalue weighted by Crippen LogP contribution is -2.35. The van der Waals surface area contributed by atoms with E-state index >= 15 is 0 Å². The molecule has 0 aromatic heterocycles. The normalized spacial score (nSPS) is 9.22. The van der Waals surface area contributed by atoms with Crippen molar-refractivity contribution in [2.45, 2.75) is 0 Å². The third-order valence-corrected chi connectivity index (χ3v) is 2.20. The number of amides is 2. The van der Waals surface area contributed by atoms with Crippen LogP contribution >= 0.6 is 0 Å². The Morgan fingerprint density at radius 2 is 2.06 bits per heavy atom. The summed E-state index contributed by atoms with van der Waals surface area (Å²) in [5, 5.41) is 8.66. The van der Waals surface area contributed by atoms with Crippen LogP contribution in [-0.4, -0.2) is 42.0 Å². The highest BCUT2D eigenvalue weighted by molar-refractivity contribution is 5.98. The van der Waals surface area contributed by atoms with Crippen molar-refractivity contribution >= 4 is 11.8 Å². The maximum atomic E-state index is 12.1. The molecule has 0 unspecified atom stereocenters. The van der Waals surface area contributed by atoms with Gasteiger partial charge in [0.05, 0.1) is 12.1 Å². The topological polar surface area (TPSA) is 83.6 Å². The van der Waals surface area contributed by atoms with Gasteiger partial charge in [-0.05, 0) is 12.1 Å². The van der Waals surface area contributed by atoms with Gasteiger partial charge in [0.2, 0.25) is 5.91 Å². The summed E-state index contributed by atoms with van der Waals surface area (Å²) < 4.78 is 0. The van der Waals surface area contributed by atoms with Gasteiger partial charge in [0.1, 0.15) is 6.61 Å². The lowest BCUT2D eigenvalue weighted by molar-refractivity contribution is -0.118. The second kappa shape index (κ2) is 6.42. The fourth-order valence-corrected chi connectivity index (χ4v) is 1.42. The largest absolute Gasteiger partial charge is 0.384 e. The van der Waals surface area contributed by atoms with E-state index in [1.54, 1.807) is 24.3 Å². The van der Waals surface area contributed by atoms with E-state index in [0.29, 0.717) is 11.1 Å². The number of nitrogens with zero attached hydrogens (tertiary/aromatic N) is 1. The molecule has 0 atom stereocenters. The SMILES string of the molecule is CN(CC(N)=O)C(=O)c1ccccc1C#CCO. The second-order valence-corrected chi connectivity index (χ2v) is 3.63. The molecule has 0 aliphatic heterocycles. The molecular weight excluding hydrogens is 232 g/mol. The fourth-order valence-electron chi connectivity index (χ4n) is 1.42. The molecule has 0 saturated heterocycles. The lowest BCUT2D eigenvalue weighted by atomic mass is 10.1. The van der Waals surface area contributed by atoms with Crippen molar-refractivity contribution < 1.29 is 14.7 Å². The van der Waals surface area contributed by atoms with Crippen LogP contribution in [0.3, 0.4) is 0 Å². The molecule has 3 N–H and O–H groups in total. The molecule has 5 heteroatoms. The minimum absolute atomic E-state index is 0.152. The Morgan fingerprint density at radius 1 is 1.39 bits per heavy atom. The number of aliphatic hydroxyl groups excluding tert-OH is 1. The number of benzene rings is 1. The van der Waals surface area contributed by atoms with Crippen LogP contribution in [0.5, 0.6) is 0 Å². The number of nitrogens with two attached hydrogens (primary N) is 1. The first kappa shape index (κ1) is 13.7. The number of likely N-dealkylation sites (N-methyl/N-ethyl adjacent to an activating group) is 1. The summed E-state index contributed by atoms with van der Waals surface area (Å²) in [6.07, 6.45) is 0. The van der Waals surface area contributed by atoms with Gasteiger partial charge >= 0.3 is 0 Å². The number of rotatable bonds is 3. The van der Waals surface area contributed by atoms with E-state index in [0.717, 1.165) is 0 Å². The zero-order valence-corrected chi connectivity index (χ0v) is 10.0. The first-order valence-corrected chi connectivity index (χ1v) is 5.28. The van der Waals surface area contributed by atoms with E-state index in [-0.39, 0.29) is 19.1 Å². The molecule has 0 saturated carbocycles. The molecule has 0 bridgehead atoms. The monoisotopic (exact) mass is 246 g/mol.